The number of carbonyl (C=O) groups is 1. The maximum atomic E-state index is 11.5. The van der Waals surface area contributed by atoms with E-state index >= 15 is 0 Å². The molecule has 4 bridgehead atoms. The van der Waals surface area contributed by atoms with Crippen LogP contribution < -0.4 is 0 Å². The van der Waals surface area contributed by atoms with Gasteiger partial charge < -0.3 is 4.74 Å². The van der Waals surface area contributed by atoms with E-state index in [-0.39, 0.29) is 18.0 Å². The number of carbonyl (C=O) groups excluding carboxylic acids is 1. The fraction of sp³-hybridized carbons (Fsp3) is 0.545. The van der Waals surface area contributed by atoms with Crippen molar-refractivity contribution in [2.24, 2.45) is 29.6 Å². The van der Waals surface area contributed by atoms with E-state index < -0.39 is 0 Å². The minimum absolute atomic E-state index is 0.0428. The summed E-state index contributed by atoms with van der Waals surface area (Å²) in [4.78, 5) is 11.5. The molecule has 0 N–H and O–H groups in total. The molecule has 0 unspecified atom stereocenters. The van der Waals surface area contributed by atoms with Crippen LogP contribution in [0.5, 0.6) is 0 Å². The van der Waals surface area contributed by atoms with Crippen molar-refractivity contribution in [3.8, 4) is 0 Å². The molecule has 3 aliphatic carbocycles. The Morgan fingerprint density at radius 2 is 1.69 bits per heavy atom. The Morgan fingerprint density at radius 1 is 1.00 bits per heavy atom. The van der Waals surface area contributed by atoms with Crippen molar-refractivity contribution in [2.45, 2.75) is 6.10 Å². The monoisotopic (exact) mass is 174 g/mol. The predicted octanol–water partition coefficient (Wildman–Crippen LogP) is 1.15. The van der Waals surface area contributed by atoms with Gasteiger partial charge in [0.25, 0.3) is 0 Å². The Labute approximate surface area is 76.3 Å². The van der Waals surface area contributed by atoms with Gasteiger partial charge in [-0.1, -0.05) is 18.2 Å². The molecule has 0 amide bonds. The molecule has 0 aromatic rings. The summed E-state index contributed by atoms with van der Waals surface area (Å²) in [5.74, 6) is 2.43. The van der Waals surface area contributed by atoms with E-state index in [1.54, 1.807) is 0 Å². The smallest absolute Gasteiger partial charge is 0.310 e. The highest BCUT2D eigenvalue weighted by Gasteiger charge is 2.63. The second-order valence-corrected chi connectivity index (χ2v) is 4.51. The van der Waals surface area contributed by atoms with Crippen LogP contribution in [0, 0.1) is 29.6 Å². The highest BCUT2D eigenvalue weighted by molar-refractivity contribution is 5.78. The molecule has 4 aliphatic rings. The first kappa shape index (κ1) is 6.41. The average molecular weight is 174 g/mol. The van der Waals surface area contributed by atoms with E-state index in [1.807, 2.05) is 0 Å². The fourth-order valence-corrected chi connectivity index (χ4v) is 3.33. The van der Waals surface area contributed by atoms with Gasteiger partial charge in [0.2, 0.25) is 0 Å². The molecule has 0 aromatic carbocycles. The van der Waals surface area contributed by atoms with Gasteiger partial charge in [-0.2, -0.15) is 0 Å². The van der Waals surface area contributed by atoms with Gasteiger partial charge in [0, 0.05) is 5.92 Å². The molecule has 2 heteroatoms. The molecule has 0 aromatic heterocycles. The van der Waals surface area contributed by atoms with Gasteiger partial charge >= 0.3 is 5.97 Å². The Bertz CT molecular complexity index is 355. The second-order valence-electron chi connectivity index (χ2n) is 4.51. The molecule has 1 aliphatic heterocycles. The zero-order valence-corrected chi connectivity index (χ0v) is 7.09. The highest BCUT2D eigenvalue weighted by Crippen LogP contribution is 2.62. The van der Waals surface area contributed by atoms with Crippen molar-refractivity contribution in [3.63, 3.8) is 0 Å². The molecule has 1 heterocycles. The SMILES string of the molecule is O=C1O[C@H]2C=C[C@@H]3[C@@H]4C=C[C@H]2[C@H]1[C@@H]34. The molecule has 4 rings (SSSR count). The third-order valence-electron chi connectivity index (χ3n) is 4.00. The lowest BCUT2D eigenvalue weighted by Gasteiger charge is -2.16. The number of allylic oxidation sites excluding steroid dienone is 2. The summed E-state index contributed by atoms with van der Waals surface area (Å²) in [6, 6.07) is 0. The number of esters is 1. The summed E-state index contributed by atoms with van der Waals surface area (Å²) in [5, 5.41) is 0. The van der Waals surface area contributed by atoms with E-state index in [2.05, 4.69) is 24.3 Å². The van der Waals surface area contributed by atoms with E-state index in [4.69, 9.17) is 4.74 Å². The van der Waals surface area contributed by atoms with Gasteiger partial charge in [0.15, 0.2) is 0 Å². The number of ether oxygens (including phenoxy) is 1. The van der Waals surface area contributed by atoms with Gasteiger partial charge in [-0.05, 0) is 23.8 Å². The lowest BCUT2D eigenvalue weighted by Crippen LogP contribution is -2.21. The lowest BCUT2D eigenvalue weighted by atomic mass is 9.83. The number of rotatable bonds is 0. The number of hydrogen-bond donors (Lipinski definition) is 0. The van der Waals surface area contributed by atoms with Gasteiger partial charge in [0.1, 0.15) is 6.10 Å². The molecule has 1 saturated heterocycles. The molecule has 0 spiro atoms. The van der Waals surface area contributed by atoms with Gasteiger partial charge in [-0.25, -0.2) is 0 Å². The first-order valence-electron chi connectivity index (χ1n) is 4.93. The standard InChI is InChI=1S/C11H10O2/c12-11-10-7-2-1-5-6(9(5)10)3-4-8(7)13-11/h1-10H/t5-,6+,7+,8-,9+,10-/m0/s1. The molecular weight excluding hydrogens is 164 g/mol. The third kappa shape index (κ3) is 0.578. The number of fused-ring (bicyclic) bond motifs is 1. The van der Waals surface area contributed by atoms with Crippen LogP contribution in [0.4, 0.5) is 0 Å². The van der Waals surface area contributed by atoms with Crippen LogP contribution in [0.25, 0.3) is 0 Å². The maximum Gasteiger partial charge on any atom is 0.310 e. The van der Waals surface area contributed by atoms with Gasteiger partial charge in [0.05, 0.1) is 5.92 Å². The summed E-state index contributed by atoms with van der Waals surface area (Å²) in [7, 11) is 0. The minimum atomic E-state index is 0.0428. The fourth-order valence-electron chi connectivity index (χ4n) is 3.33. The van der Waals surface area contributed by atoms with Crippen LogP contribution >= 0.6 is 0 Å². The van der Waals surface area contributed by atoms with Crippen molar-refractivity contribution in [2.75, 3.05) is 0 Å². The third-order valence-corrected chi connectivity index (χ3v) is 4.00. The molecule has 2 fully saturated rings. The molecule has 1 saturated carbocycles. The first-order valence-corrected chi connectivity index (χ1v) is 4.93. The van der Waals surface area contributed by atoms with Gasteiger partial charge in [-0.15, -0.1) is 0 Å². The Kier molecular flexibility index (Phi) is 0.859. The molecule has 2 nitrogen and oxygen atoms in total. The topological polar surface area (TPSA) is 26.3 Å². The van der Waals surface area contributed by atoms with Crippen LogP contribution in [-0.4, -0.2) is 12.1 Å². The zero-order chi connectivity index (χ0) is 8.58. The summed E-state index contributed by atoms with van der Waals surface area (Å²) in [6.07, 6.45) is 8.88. The van der Waals surface area contributed by atoms with Crippen molar-refractivity contribution < 1.29 is 9.53 Å². The molecule has 66 valence electrons. The maximum absolute atomic E-state index is 11.5. The first-order chi connectivity index (χ1) is 6.36. The van der Waals surface area contributed by atoms with Crippen LogP contribution in [0.3, 0.4) is 0 Å². The van der Waals surface area contributed by atoms with Crippen molar-refractivity contribution in [1.29, 1.82) is 0 Å². The molecule has 6 atom stereocenters. The van der Waals surface area contributed by atoms with E-state index in [9.17, 15) is 4.79 Å². The average Bonchev–Trinajstić information content (AvgIpc) is 2.72. The number of hydrogen-bond acceptors (Lipinski definition) is 2. The summed E-state index contributed by atoms with van der Waals surface area (Å²) < 4.78 is 5.32. The van der Waals surface area contributed by atoms with E-state index in [1.165, 1.54) is 0 Å². The van der Waals surface area contributed by atoms with Gasteiger partial charge in [-0.3, -0.25) is 4.79 Å². The molecular formula is C11H10O2. The van der Waals surface area contributed by atoms with Crippen LogP contribution in [-0.2, 0) is 9.53 Å². The lowest BCUT2D eigenvalue weighted by molar-refractivity contribution is -0.143. The summed E-state index contributed by atoms with van der Waals surface area (Å²) >= 11 is 0. The Hall–Kier alpha value is -1.05. The predicted molar refractivity (Wildman–Crippen MR) is 45.6 cm³/mol. The van der Waals surface area contributed by atoms with E-state index in [0.717, 1.165) is 0 Å². The molecule has 13 heavy (non-hydrogen) atoms. The quantitative estimate of drug-likeness (QED) is 0.406. The van der Waals surface area contributed by atoms with Crippen LogP contribution in [0.2, 0.25) is 0 Å². The van der Waals surface area contributed by atoms with Crippen LogP contribution in [0.1, 0.15) is 0 Å². The second kappa shape index (κ2) is 1.74. The van der Waals surface area contributed by atoms with Crippen molar-refractivity contribution in [3.05, 3.63) is 24.3 Å². The molecule has 0 radical (unpaired) electrons. The summed E-state index contributed by atoms with van der Waals surface area (Å²) in [6.45, 7) is 0. The van der Waals surface area contributed by atoms with Crippen molar-refractivity contribution in [1.82, 2.24) is 0 Å². The minimum Gasteiger partial charge on any atom is -0.457 e. The summed E-state index contributed by atoms with van der Waals surface area (Å²) in [5.41, 5.74) is 0. The normalized spacial score (nSPS) is 58.9. The van der Waals surface area contributed by atoms with Crippen LogP contribution in [0.15, 0.2) is 24.3 Å². The van der Waals surface area contributed by atoms with E-state index in [0.29, 0.717) is 23.7 Å². The van der Waals surface area contributed by atoms with Crippen molar-refractivity contribution >= 4 is 5.97 Å². The largest absolute Gasteiger partial charge is 0.457 e. The zero-order valence-electron chi connectivity index (χ0n) is 7.09. The Balaban J connectivity index is 1.94. The highest BCUT2D eigenvalue weighted by atomic mass is 16.6. The Morgan fingerprint density at radius 3 is 2.54 bits per heavy atom.